The van der Waals surface area contributed by atoms with Crippen LogP contribution in [0.3, 0.4) is 0 Å². The van der Waals surface area contributed by atoms with Gasteiger partial charge in [-0.3, -0.25) is 9.59 Å². The number of aromatic nitrogens is 1. The van der Waals surface area contributed by atoms with E-state index in [1.54, 1.807) is 0 Å². The number of fused-ring (bicyclic) bond motifs is 1. The molecule has 0 saturated carbocycles. The van der Waals surface area contributed by atoms with E-state index in [2.05, 4.69) is 15.6 Å². The summed E-state index contributed by atoms with van der Waals surface area (Å²) in [6.07, 6.45) is 0. The predicted molar refractivity (Wildman–Crippen MR) is 140 cm³/mol. The number of hydrogen-bond donors (Lipinski definition) is 2. The number of nitrogens with one attached hydrogen (secondary N) is 2. The third-order valence-corrected chi connectivity index (χ3v) is 8.81. The van der Waals surface area contributed by atoms with Crippen LogP contribution in [0.5, 0.6) is 0 Å². The second kappa shape index (κ2) is 10.6. The molecule has 1 aromatic heterocycles. The standard InChI is InChI=1S/C25H30N4O5S2/c1-15(2)21(24(31)28-25-27-22-17(4)12-16(3)13-20(22)35-25)26-23(30)18-6-5-7-19(14-18)36(32,33)29-8-10-34-11-9-29/h5-7,12-15,21H,8-11H2,1-4H3,(H,26,30)(H,27,28,31)/t21-/m1/s1. The number of rotatable bonds is 7. The molecule has 0 spiro atoms. The van der Waals surface area contributed by atoms with Gasteiger partial charge < -0.3 is 15.4 Å². The van der Waals surface area contributed by atoms with Gasteiger partial charge in [-0.05, 0) is 55.2 Å². The van der Waals surface area contributed by atoms with E-state index in [0.717, 1.165) is 21.3 Å². The maximum absolute atomic E-state index is 13.1. The third-order valence-electron chi connectivity index (χ3n) is 6.00. The lowest BCUT2D eigenvalue weighted by Gasteiger charge is -2.26. The fraction of sp³-hybridized carbons (Fsp3) is 0.400. The lowest BCUT2D eigenvalue weighted by Crippen LogP contribution is -2.47. The van der Waals surface area contributed by atoms with Crippen molar-refractivity contribution in [3.05, 3.63) is 53.1 Å². The molecule has 192 valence electrons. The van der Waals surface area contributed by atoms with Gasteiger partial charge >= 0.3 is 0 Å². The SMILES string of the molecule is Cc1cc(C)c2nc(NC(=O)[C@H](NC(=O)c3cccc(S(=O)(=O)N4CCOCC4)c3)C(C)C)sc2c1. The summed E-state index contributed by atoms with van der Waals surface area (Å²) in [6, 6.07) is 9.08. The molecule has 0 unspecified atom stereocenters. The van der Waals surface area contributed by atoms with Crippen LogP contribution in [0.2, 0.25) is 0 Å². The maximum Gasteiger partial charge on any atom is 0.251 e. The molecule has 1 saturated heterocycles. The Morgan fingerprint density at radius 2 is 1.83 bits per heavy atom. The lowest BCUT2D eigenvalue weighted by atomic mass is 10.0. The summed E-state index contributed by atoms with van der Waals surface area (Å²) in [5, 5.41) is 6.06. The number of morpholine rings is 1. The van der Waals surface area contributed by atoms with Gasteiger partial charge in [0, 0.05) is 18.7 Å². The van der Waals surface area contributed by atoms with Crippen LogP contribution in [0.4, 0.5) is 5.13 Å². The van der Waals surface area contributed by atoms with E-state index in [1.165, 1.54) is 39.9 Å². The number of amides is 2. The summed E-state index contributed by atoms with van der Waals surface area (Å²) in [5.74, 6) is -1.13. The number of aryl methyl sites for hydroxylation is 2. The predicted octanol–water partition coefficient (Wildman–Crippen LogP) is 3.33. The van der Waals surface area contributed by atoms with E-state index in [1.807, 2.05) is 39.8 Å². The fourth-order valence-electron chi connectivity index (χ4n) is 4.10. The first-order chi connectivity index (χ1) is 17.1. The second-order valence-electron chi connectivity index (χ2n) is 9.18. The van der Waals surface area contributed by atoms with Crippen molar-refractivity contribution in [3.8, 4) is 0 Å². The van der Waals surface area contributed by atoms with Crippen molar-refractivity contribution < 1.29 is 22.7 Å². The molecule has 9 nitrogen and oxygen atoms in total. The minimum absolute atomic E-state index is 0.0303. The highest BCUT2D eigenvalue weighted by Crippen LogP contribution is 2.29. The average molecular weight is 531 g/mol. The average Bonchev–Trinajstić information content (AvgIpc) is 3.25. The van der Waals surface area contributed by atoms with E-state index in [0.29, 0.717) is 18.3 Å². The Morgan fingerprint density at radius 3 is 2.53 bits per heavy atom. The van der Waals surface area contributed by atoms with Crippen LogP contribution in [-0.2, 0) is 19.6 Å². The molecule has 0 radical (unpaired) electrons. The molecule has 36 heavy (non-hydrogen) atoms. The van der Waals surface area contributed by atoms with Crippen molar-refractivity contribution in [2.45, 2.75) is 38.6 Å². The van der Waals surface area contributed by atoms with Crippen LogP contribution in [0.15, 0.2) is 41.3 Å². The van der Waals surface area contributed by atoms with Gasteiger partial charge in [0.15, 0.2) is 5.13 Å². The van der Waals surface area contributed by atoms with Crippen LogP contribution < -0.4 is 10.6 Å². The second-order valence-corrected chi connectivity index (χ2v) is 12.1. The molecular weight excluding hydrogens is 500 g/mol. The van der Waals surface area contributed by atoms with Gasteiger partial charge in [-0.25, -0.2) is 13.4 Å². The molecule has 1 aliphatic rings. The zero-order chi connectivity index (χ0) is 26.0. The van der Waals surface area contributed by atoms with Crippen LogP contribution in [0.1, 0.15) is 35.3 Å². The van der Waals surface area contributed by atoms with Crippen molar-refractivity contribution in [1.29, 1.82) is 0 Å². The van der Waals surface area contributed by atoms with E-state index in [4.69, 9.17) is 4.74 Å². The van der Waals surface area contributed by atoms with E-state index in [9.17, 15) is 18.0 Å². The normalized spacial score (nSPS) is 15.7. The van der Waals surface area contributed by atoms with Gasteiger partial charge in [0.05, 0.1) is 28.3 Å². The first-order valence-electron chi connectivity index (χ1n) is 11.7. The Kier molecular flexibility index (Phi) is 7.74. The van der Waals surface area contributed by atoms with Gasteiger partial charge in [0.25, 0.3) is 5.91 Å². The molecule has 4 rings (SSSR count). The van der Waals surface area contributed by atoms with Gasteiger partial charge in [-0.2, -0.15) is 4.31 Å². The van der Waals surface area contributed by atoms with Gasteiger partial charge in [-0.15, -0.1) is 0 Å². The van der Waals surface area contributed by atoms with Crippen molar-refractivity contribution in [2.24, 2.45) is 5.92 Å². The molecular formula is C25H30N4O5S2. The number of hydrogen-bond acceptors (Lipinski definition) is 7. The largest absolute Gasteiger partial charge is 0.379 e. The van der Waals surface area contributed by atoms with Crippen LogP contribution >= 0.6 is 11.3 Å². The van der Waals surface area contributed by atoms with E-state index >= 15 is 0 Å². The summed E-state index contributed by atoms with van der Waals surface area (Å²) in [5.41, 5.74) is 3.15. The van der Waals surface area contributed by atoms with Gasteiger partial charge in [0.1, 0.15) is 6.04 Å². The lowest BCUT2D eigenvalue weighted by molar-refractivity contribution is -0.118. The molecule has 0 aliphatic carbocycles. The molecule has 1 atom stereocenters. The Labute approximate surface area is 214 Å². The summed E-state index contributed by atoms with van der Waals surface area (Å²) >= 11 is 1.38. The quantitative estimate of drug-likeness (QED) is 0.484. The zero-order valence-corrected chi connectivity index (χ0v) is 22.3. The minimum Gasteiger partial charge on any atom is -0.379 e. The number of carbonyl (C=O) groups is 2. The Hall–Kier alpha value is -2.86. The maximum atomic E-state index is 13.1. The zero-order valence-electron chi connectivity index (χ0n) is 20.7. The van der Waals surface area contributed by atoms with Gasteiger partial charge in [-0.1, -0.05) is 37.3 Å². The van der Waals surface area contributed by atoms with Crippen molar-refractivity contribution in [2.75, 3.05) is 31.6 Å². The first kappa shape index (κ1) is 26.2. The molecule has 0 bridgehead atoms. The molecule has 2 aromatic carbocycles. The highest BCUT2D eigenvalue weighted by atomic mass is 32.2. The number of benzene rings is 2. The number of thiazole rings is 1. The monoisotopic (exact) mass is 530 g/mol. The smallest absolute Gasteiger partial charge is 0.251 e. The number of carbonyl (C=O) groups excluding carboxylic acids is 2. The molecule has 2 N–H and O–H groups in total. The topological polar surface area (TPSA) is 118 Å². The van der Waals surface area contributed by atoms with E-state index < -0.39 is 22.0 Å². The van der Waals surface area contributed by atoms with Crippen LogP contribution in [0.25, 0.3) is 10.2 Å². The van der Waals surface area contributed by atoms with Crippen LogP contribution in [0, 0.1) is 19.8 Å². The summed E-state index contributed by atoms with van der Waals surface area (Å²) < 4.78 is 33.5. The number of anilines is 1. The molecule has 3 aromatic rings. The minimum atomic E-state index is -3.75. The molecule has 1 aliphatic heterocycles. The van der Waals surface area contributed by atoms with E-state index in [-0.39, 0.29) is 35.4 Å². The molecule has 1 fully saturated rings. The highest BCUT2D eigenvalue weighted by molar-refractivity contribution is 7.89. The number of ether oxygens (including phenoxy) is 1. The molecule has 11 heteroatoms. The number of nitrogens with zero attached hydrogens (tertiary/aromatic N) is 2. The van der Waals surface area contributed by atoms with Crippen molar-refractivity contribution in [1.82, 2.24) is 14.6 Å². The molecule has 2 amide bonds. The van der Waals surface area contributed by atoms with Gasteiger partial charge in [0.2, 0.25) is 15.9 Å². The van der Waals surface area contributed by atoms with Crippen LogP contribution in [-0.4, -0.2) is 61.9 Å². The summed E-state index contributed by atoms with van der Waals surface area (Å²) in [4.78, 5) is 30.8. The van der Waals surface area contributed by atoms with Crippen molar-refractivity contribution in [3.63, 3.8) is 0 Å². The first-order valence-corrected chi connectivity index (χ1v) is 14.0. The Morgan fingerprint density at radius 1 is 1.11 bits per heavy atom. The third kappa shape index (κ3) is 5.59. The summed E-state index contributed by atoms with van der Waals surface area (Å²) in [7, 11) is -3.75. The van der Waals surface area contributed by atoms with Crippen molar-refractivity contribution >= 4 is 48.5 Å². The highest BCUT2D eigenvalue weighted by Gasteiger charge is 2.29. The Bertz CT molecular complexity index is 1390. The number of sulfonamides is 1. The summed E-state index contributed by atoms with van der Waals surface area (Å²) in [6.45, 7) is 8.84. The fourth-order valence-corrected chi connectivity index (χ4v) is 6.60. The molecule has 2 heterocycles. The Balaban J connectivity index is 1.50.